The molecule has 0 unspecified atom stereocenters. The minimum Gasteiger partial charge on any atom is -0.415 e. The third kappa shape index (κ3) is 1.23. The molecule has 1 amide bonds. The fourth-order valence-electron chi connectivity index (χ4n) is 1.29. The summed E-state index contributed by atoms with van der Waals surface area (Å²) in [5.74, 6) is 0.604. The van der Waals surface area contributed by atoms with Gasteiger partial charge in [-0.15, -0.1) is 0 Å². The van der Waals surface area contributed by atoms with Gasteiger partial charge in [-0.3, -0.25) is 0 Å². The van der Waals surface area contributed by atoms with E-state index in [4.69, 9.17) is 4.74 Å². The largest absolute Gasteiger partial charge is 0.415 e. The van der Waals surface area contributed by atoms with E-state index in [0.29, 0.717) is 11.8 Å². The van der Waals surface area contributed by atoms with Gasteiger partial charge in [0.05, 0.1) is 0 Å². The van der Waals surface area contributed by atoms with E-state index >= 15 is 0 Å². The Bertz CT molecular complexity index is 208. The maximum atomic E-state index is 11.1. The van der Waals surface area contributed by atoms with E-state index in [-0.39, 0.29) is 6.09 Å². The van der Waals surface area contributed by atoms with E-state index in [0.717, 1.165) is 25.8 Å². The Hall–Kier alpha value is -0.990. The van der Waals surface area contributed by atoms with Gasteiger partial charge in [-0.25, -0.2) is 4.79 Å². The molecule has 0 atom stereocenters. The van der Waals surface area contributed by atoms with Crippen LogP contribution in [-0.2, 0) is 4.74 Å². The molecule has 2 fully saturated rings. The van der Waals surface area contributed by atoms with E-state index in [1.54, 1.807) is 4.90 Å². The molecule has 0 aromatic rings. The van der Waals surface area contributed by atoms with Crippen molar-refractivity contribution in [3.05, 3.63) is 12.3 Å². The van der Waals surface area contributed by atoms with Crippen molar-refractivity contribution in [2.45, 2.75) is 25.3 Å². The Morgan fingerprint density at radius 1 is 1.55 bits per heavy atom. The van der Waals surface area contributed by atoms with Crippen molar-refractivity contribution in [3.63, 3.8) is 0 Å². The van der Waals surface area contributed by atoms with Gasteiger partial charge in [0, 0.05) is 19.0 Å². The lowest BCUT2D eigenvalue weighted by molar-refractivity contribution is 0.102. The maximum absolute atomic E-state index is 11.1. The second-order valence-corrected chi connectivity index (χ2v) is 3.08. The van der Waals surface area contributed by atoms with Crippen LogP contribution in [0.3, 0.4) is 0 Å². The van der Waals surface area contributed by atoms with Gasteiger partial charge in [-0.05, 0) is 12.8 Å². The first-order valence-corrected chi connectivity index (χ1v) is 3.93. The lowest BCUT2D eigenvalue weighted by atomic mass is 10.3. The predicted molar refractivity (Wildman–Crippen MR) is 40.0 cm³/mol. The number of ether oxygens (including phenoxy) is 1. The topological polar surface area (TPSA) is 29.5 Å². The van der Waals surface area contributed by atoms with Crippen LogP contribution in [0, 0.1) is 0 Å². The van der Waals surface area contributed by atoms with Crippen molar-refractivity contribution in [1.82, 2.24) is 4.90 Å². The molecule has 60 valence electrons. The quantitative estimate of drug-likeness (QED) is 0.571. The highest BCUT2D eigenvalue weighted by Gasteiger charge is 2.35. The number of hydrogen-bond donors (Lipinski definition) is 0. The van der Waals surface area contributed by atoms with Gasteiger partial charge in [-0.2, -0.15) is 0 Å². The van der Waals surface area contributed by atoms with Gasteiger partial charge in [0.1, 0.15) is 5.76 Å². The molecule has 0 bridgehead atoms. The number of hydrogen-bond acceptors (Lipinski definition) is 2. The summed E-state index contributed by atoms with van der Waals surface area (Å²) in [6.07, 6.45) is 2.87. The Kier molecular flexibility index (Phi) is 1.37. The number of nitrogens with zero attached hydrogens (tertiary/aromatic N) is 1. The normalized spacial score (nSPS) is 25.3. The molecule has 0 N–H and O–H groups in total. The van der Waals surface area contributed by atoms with Crippen LogP contribution in [0.25, 0.3) is 0 Å². The van der Waals surface area contributed by atoms with Gasteiger partial charge in [-0.1, -0.05) is 6.58 Å². The van der Waals surface area contributed by atoms with E-state index < -0.39 is 0 Å². The summed E-state index contributed by atoms with van der Waals surface area (Å²) >= 11 is 0. The highest BCUT2D eigenvalue weighted by atomic mass is 16.6. The average molecular weight is 153 g/mol. The summed E-state index contributed by atoms with van der Waals surface area (Å²) in [6.45, 7) is 4.40. The second kappa shape index (κ2) is 2.26. The van der Waals surface area contributed by atoms with Crippen LogP contribution < -0.4 is 0 Å². The molecular weight excluding hydrogens is 142 g/mol. The Morgan fingerprint density at radius 3 is 2.82 bits per heavy atom. The highest BCUT2D eigenvalue weighted by Crippen LogP contribution is 2.30. The van der Waals surface area contributed by atoms with E-state index in [1.807, 2.05) is 0 Å². The smallest absolute Gasteiger partial charge is 0.415 e. The van der Waals surface area contributed by atoms with Crippen molar-refractivity contribution in [2.24, 2.45) is 0 Å². The average Bonchev–Trinajstić information content (AvgIpc) is 2.70. The van der Waals surface area contributed by atoms with Crippen LogP contribution in [0.2, 0.25) is 0 Å². The van der Waals surface area contributed by atoms with Crippen LogP contribution in [-0.4, -0.2) is 23.6 Å². The van der Waals surface area contributed by atoms with Crippen LogP contribution in [0.5, 0.6) is 0 Å². The number of amides is 1. The third-order valence-electron chi connectivity index (χ3n) is 2.09. The van der Waals surface area contributed by atoms with Gasteiger partial charge in [0.2, 0.25) is 0 Å². The molecule has 11 heavy (non-hydrogen) atoms. The van der Waals surface area contributed by atoms with Crippen LogP contribution in [0.15, 0.2) is 12.3 Å². The minimum absolute atomic E-state index is 0.205. The van der Waals surface area contributed by atoms with Crippen molar-refractivity contribution >= 4 is 6.09 Å². The summed E-state index contributed by atoms with van der Waals surface area (Å²) in [5.41, 5.74) is 0. The third-order valence-corrected chi connectivity index (χ3v) is 2.09. The zero-order chi connectivity index (χ0) is 7.84. The van der Waals surface area contributed by atoms with Crippen molar-refractivity contribution in [3.8, 4) is 0 Å². The molecule has 3 nitrogen and oxygen atoms in total. The fourth-order valence-corrected chi connectivity index (χ4v) is 1.29. The maximum Gasteiger partial charge on any atom is 0.415 e. The van der Waals surface area contributed by atoms with Crippen molar-refractivity contribution in [1.29, 1.82) is 0 Å². The number of carbonyl (C=O) groups excluding carboxylic acids is 1. The summed E-state index contributed by atoms with van der Waals surface area (Å²) in [4.78, 5) is 12.9. The molecule has 1 saturated carbocycles. The lowest BCUT2D eigenvalue weighted by Crippen LogP contribution is -2.38. The molecule has 1 saturated heterocycles. The second-order valence-electron chi connectivity index (χ2n) is 3.08. The number of cyclic esters (lactones) is 1. The van der Waals surface area contributed by atoms with Crippen LogP contribution >= 0.6 is 0 Å². The van der Waals surface area contributed by atoms with Gasteiger partial charge in [0.25, 0.3) is 0 Å². The van der Waals surface area contributed by atoms with Gasteiger partial charge in [0.15, 0.2) is 0 Å². The zero-order valence-corrected chi connectivity index (χ0v) is 6.38. The highest BCUT2D eigenvalue weighted by molar-refractivity contribution is 5.70. The van der Waals surface area contributed by atoms with Crippen molar-refractivity contribution in [2.75, 3.05) is 6.54 Å². The Balaban J connectivity index is 2.00. The summed E-state index contributed by atoms with van der Waals surface area (Å²) in [6, 6.07) is 0.468. The molecule has 0 aromatic heterocycles. The van der Waals surface area contributed by atoms with Crippen LogP contribution in [0.1, 0.15) is 19.3 Å². The SMILES string of the molecule is C=C1CCN(C2CC2)C(=O)O1. The summed E-state index contributed by atoms with van der Waals surface area (Å²) in [7, 11) is 0. The van der Waals surface area contributed by atoms with E-state index in [2.05, 4.69) is 6.58 Å². The van der Waals surface area contributed by atoms with Crippen molar-refractivity contribution < 1.29 is 9.53 Å². The summed E-state index contributed by atoms with van der Waals surface area (Å²) in [5, 5.41) is 0. The van der Waals surface area contributed by atoms with Gasteiger partial charge >= 0.3 is 6.09 Å². The minimum atomic E-state index is -0.205. The molecule has 3 heteroatoms. The number of rotatable bonds is 1. The standard InChI is InChI=1S/C8H11NO2/c1-6-4-5-9(7-2-3-7)8(10)11-6/h7H,1-5H2. The first-order valence-electron chi connectivity index (χ1n) is 3.93. The van der Waals surface area contributed by atoms with Gasteiger partial charge < -0.3 is 9.64 Å². The molecule has 2 aliphatic rings. The first-order chi connectivity index (χ1) is 5.27. The number of carbonyl (C=O) groups is 1. The Labute approximate surface area is 65.6 Å². The molecule has 2 rings (SSSR count). The predicted octanol–water partition coefficient (Wildman–Crippen LogP) is 1.50. The monoisotopic (exact) mass is 153 g/mol. The summed E-state index contributed by atoms with van der Waals surface area (Å²) < 4.78 is 4.89. The van der Waals surface area contributed by atoms with E-state index in [1.165, 1.54) is 0 Å². The molecule has 1 aliphatic carbocycles. The lowest BCUT2D eigenvalue weighted by Gasteiger charge is -2.26. The fraction of sp³-hybridized carbons (Fsp3) is 0.625. The molecule has 0 radical (unpaired) electrons. The van der Waals surface area contributed by atoms with E-state index in [9.17, 15) is 4.79 Å². The molecular formula is C8H11NO2. The molecule has 1 heterocycles. The first kappa shape index (κ1) is 6.70. The Morgan fingerprint density at radius 2 is 2.27 bits per heavy atom. The molecule has 0 spiro atoms. The van der Waals surface area contributed by atoms with Crippen LogP contribution in [0.4, 0.5) is 4.79 Å². The molecule has 0 aromatic carbocycles. The zero-order valence-electron chi connectivity index (χ0n) is 6.38. The molecule has 1 aliphatic heterocycles.